The van der Waals surface area contributed by atoms with Gasteiger partial charge in [-0.3, -0.25) is 9.18 Å². The molecule has 0 saturated heterocycles. The minimum Gasteiger partial charge on any atom is -0.435 e. The largest absolute Gasteiger partial charge is 0.435 e. The minimum absolute atomic E-state index is 0.448. The molecule has 0 aromatic carbocycles. The first-order valence-corrected chi connectivity index (χ1v) is 5.52. The molecule has 0 bridgehead atoms. The van der Waals surface area contributed by atoms with Crippen molar-refractivity contribution in [2.24, 2.45) is 11.1 Å². The molecular weight excluding hydrogens is 275 g/mol. The van der Waals surface area contributed by atoms with Crippen LogP contribution in [0.5, 0.6) is 0 Å². The van der Waals surface area contributed by atoms with Crippen molar-refractivity contribution in [1.82, 2.24) is 0 Å². The fourth-order valence-electron chi connectivity index (χ4n) is 1.25. The topological polar surface area (TPSA) is 69.4 Å². The highest BCUT2D eigenvalue weighted by Crippen LogP contribution is 2.27. The van der Waals surface area contributed by atoms with Crippen molar-refractivity contribution < 1.29 is 27.5 Å². The van der Waals surface area contributed by atoms with Crippen LogP contribution in [0, 0.1) is 5.41 Å². The van der Waals surface area contributed by atoms with Gasteiger partial charge in [-0.1, -0.05) is 25.4 Å². The molecule has 0 rings (SSSR count). The Morgan fingerprint density at radius 3 is 2.22 bits per heavy atom. The number of primary amides is 1. The number of hydrogen-bond donors (Lipinski definition) is 1. The monoisotopic (exact) mass is 289 g/mol. The highest BCUT2D eigenvalue weighted by molar-refractivity contribution is 6.30. The van der Waals surface area contributed by atoms with Crippen LogP contribution in [-0.4, -0.2) is 36.5 Å². The van der Waals surface area contributed by atoms with E-state index < -0.39 is 48.3 Å². The summed E-state index contributed by atoms with van der Waals surface area (Å²) in [5, 5.41) is 0. The van der Waals surface area contributed by atoms with Gasteiger partial charge in [-0.25, -0.2) is 13.6 Å². The van der Waals surface area contributed by atoms with Gasteiger partial charge in [0.15, 0.2) is 6.10 Å². The summed E-state index contributed by atoms with van der Waals surface area (Å²) in [6.45, 7) is 1.95. The molecule has 18 heavy (non-hydrogen) atoms. The maximum atomic E-state index is 13.8. The van der Waals surface area contributed by atoms with Crippen molar-refractivity contribution in [3.8, 4) is 0 Å². The number of halogens is 4. The van der Waals surface area contributed by atoms with E-state index in [1.54, 1.807) is 0 Å². The number of alkyl halides is 4. The van der Waals surface area contributed by atoms with Crippen LogP contribution in [0.3, 0.4) is 0 Å². The molecule has 3 atom stereocenters. The summed E-state index contributed by atoms with van der Waals surface area (Å²) < 4.78 is 43.1. The van der Waals surface area contributed by atoms with Gasteiger partial charge in [-0.15, -0.1) is 0 Å². The first kappa shape index (κ1) is 17.0. The number of rotatable bonds is 7. The molecular formula is C10H15ClF3NO3. The van der Waals surface area contributed by atoms with E-state index in [2.05, 4.69) is 10.5 Å². The maximum absolute atomic E-state index is 13.8. The van der Waals surface area contributed by atoms with Gasteiger partial charge < -0.3 is 10.5 Å². The van der Waals surface area contributed by atoms with E-state index in [0.29, 0.717) is 0 Å². The summed E-state index contributed by atoms with van der Waals surface area (Å²) in [6.07, 6.45) is -6.04. The predicted octanol–water partition coefficient (Wildman–Crippen LogP) is 2.28. The van der Waals surface area contributed by atoms with Crippen LogP contribution in [0.25, 0.3) is 0 Å². The lowest BCUT2D eigenvalue weighted by Crippen LogP contribution is -2.42. The van der Waals surface area contributed by atoms with Gasteiger partial charge in [0.25, 0.3) is 0 Å². The molecule has 106 valence electrons. The van der Waals surface area contributed by atoms with E-state index in [9.17, 15) is 22.8 Å². The Morgan fingerprint density at radius 2 is 1.89 bits per heavy atom. The highest BCUT2D eigenvalue weighted by atomic mass is 35.5. The van der Waals surface area contributed by atoms with Crippen molar-refractivity contribution >= 4 is 23.5 Å². The third-order valence-electron chi connectivity index (χ3n) is 2.18. The Labute approximate surface area is 108 Å². The van der Waals surface area contributed by atoms with E-state index in [1.165, 1.54) is 13.8 Å². The molecule has 0 radical (unpaired) electrons. The third-order valence-corrected chi connectivity index (χ3v) is 2.39. The molecule has 4 nitrogen and oxygen atoms in total. The van der Waals surface area contributed by atoms with Crippen LogP contribution in [0.15, 0.2) is 0 Å². The number of ketones is 1. The zero-order valence-electron chi connectivity index (χ0n) is 9.96. The van der Waals surface area contributed by atoms with E-state index >= 15 is 0 Å². The van der Waals surface area contributed by atoms with Gasteiger partial charge in [0.2, 0.25) is 11.4 Å². The molecule has 0 aliphatic heterocycles. The smallest absolute Gasteiger partial charge is 0.405 e. The molecule has 0 saturated carbocycles. The zero-order chi connectivity index (χ0) is 14.5. The lowest BCUT2D eigenvalue weighted by molar-refractivity contribution is -0.133. The second-order valence-corrected chi connectivity index (χ2v) is 4.96. The fraction of sp³-hybridized carbons (Fsp3) is 0.800. The van der Waals surface area contributed by atoms with Gasteiger partial charge >= 0.3 is 6.09 Å². The van der Waals surface area contributed by atoms with Gasteiger partial charge in [-0.2, -0.15) is 0 Å². The van der Waals surface area contributed by atoms with Gasteiger partial charge in [0.1, 0.15) is 6.17 Å². The van der Waals surface area contributed by atoms with E-state index in [4.69, 9.17) is 11.6 Å². The highest BCUT2D eigenvalue weighted by Gasteiger charge is 2.38. The standard InChI is InChI=1S/C10H15ClF3NO3/c1-10(2,4-12)3-5(13)7(18-9(15)17)6(16)8(11)14/h5,7-8H,3-4H2,1-2H3,(H2,15,17). The molecule has 0 fully saturated rings. The first-order chi connectivity index (χ1) is 8.10. The van der Waals surface area contributed by atoms with Crippen molar-refractivity contribution in [3.63, 3.8) is 0 Å². The molecule has 8 heteroatoms. The summed E-state index contributed by atoms with van der Waals surface area (Å²) in [7, 11) is 0. The summed E-state index contributed by atoms with van der Waals surface area (Å²) in [4.78, 5) is 21.7. The molecule has 3 unspecified atom stereocenters. The van der Waals surface area contributed by atoms with Crippen LogP contribution in [-0.2, 0) is 9.53 Å². The molecule has 0 aliphatic rings. The van der Waals surface area contributed by atoms with Gasteiger partial charge in [0, 0.05) is 0 Å². The predicted molar refractivity (Wildman–Crippen MR) is 59.5 cm³/mol. The average Bonchev–Trinajstić information content (AvgIpc) is 2.23. The van der Waals surface area contributed by atoms with Crippen LogP contribution in [0.2, 0.25) is 0 Å². The first-order valence-electron chi connectivity index (χ1n) is 5.08. The number of hydrogen-bond acceptors (Lipinski definition) is 3. The van der Waals surface area contributed by atoms with Crippen LogP contribution >= 0.6 is 11.6 Å². The van der Waals surface area contributed by atoms with Gasteiger partial charge in [0.05, 0.1) is 6.67 Å². The van der Waals surface area contributed by atoms with E-state index in [1.807, 2.05) is 0 Å². The summed E-state index contributed by atoms with van der Waals surface area (Å²) >= 11 is 4.87. The van der Waals surface area contributed by atoms with Crippen molar-refractivity contribution in [3.05, 3.63) is 0 Å². The summed E-state index contributed by atoms with van der Waals surface area (Å²) in [5.74, 6) is -1.46. The Bertz CT molecular complexity index is 313. The third kappa shape index (κ3) is 5.57. The summed E-state index contributed by atoms with van der Waals surface area (Å²) in [5.41, 5.74) is 1.03. The molecule has 0 aromatic rings. The van der Waals surface area contributed by atoms with Crippen molar-refractivity contribution in [2.75, 3.05) is 6.67 Å². The Balaban J connectivity index is 4.85. The Morgan fingerprint density at radius 1 is 1.39 bits per heavy atom. The number of amides is 1. The number of Topliss-reactive ketones (excluding diaryl/α,β-unsaturated/α-hetero) is 1. The second kappa shape index (κ2) is 6.82. The number of carbonyl (C=O) groups is 2. The lowest BCUT2D eigenvalue weighted by Gasteiger charge is -2.26. The SMILES string of the molecule is CC(C)(CF)CC(F)C(OC(N)=O)C(=O)C(F)Cl. The Kier molecular flexibility index (Phi) is 6.45. The van der Waals surface area contributed by atoms with Crippen molar-refractivity contribution in [2.45, 2.75) is 38.2 Å². The van der Waals surface area contributed by atoms with E-state index in [0.717, 1.165) is 0 Å². The zero-order valence-corrected chi connectivity index (χ0v) is 10.7. The molecule has 1 amide bonds. The second-order valence-electron chi connectivity index (χ2n) is 4.58. The molecule has 0 aliphatic carbocycles. The fourth-order valence-corrected chi connectivity index (χ4v) is 1.37. The summed E-state index contributed by atoms with van der Waals surface area (Å²) in [6, 6.07) is 0. The molecule has 0 spiro atoms. The number of nitrogens with two attached hydrogens (primary N) is 1. The van der Waals surface area contributed by atoms with Crippen LogP contribution < -0.4 is 5.73 Å². The van der Waals surface area contributed by atoms with E-state index in [-0.39, 0.29) is 0 Å². The maximum Gasteiger partial charge on any atom is 0.405 e. The van der Waals surface area contributed by atoms with Crippen LogP contribution in [0.1, 0.15) is 20.3 Å². The lowest BCUT2D eigenvalue weighted by atomic mass is 9.86. The number of carbonyl (C=O) groups excluding carboxylic acids is 2. The average molecular weight is 290 g/mol. The number of ether oxygens (including phenoxy) is 1. The molecule has 2 N–H and O–H groups in total. The molecule has 0 heterocycles. The minimum atomic E-state index is -2.53. The Hall–Kier alpha value is -0.980. The van der Waals surface area contributed by atoms with Crippen molar-refractivity contribution in [1.29, 1.82) is 0 Å². The van der Waals surface area contributed by atoms with Crippen LogP contribution in [0.4, 0.5) is 18.0 Å². The van der Waals surface area contributed by atoms with Gasteiger partial charge in [-0.05, 0) is 11.8 Å². The quantitative estimate of drug-likeness (QED) is 0.731. The normalized spacial score (nSPS) is 16.8. The molecule has 0 aromatic heterocycles.